The zero-order chi connectivity index (χ0) is 12.5. The molecule has 1 atom stereocenters. The first-order valence-electron chi connectivity index (χ1n) is 5.99. The van der Waals surface area contributed by atoms with E-state index >= 15 is 0 Å². The molecule has 0 fully saturated rings. The summed E-state index contributed by atoms with van der Waals surface area (Å²) in [5.41, 5.74) is 1.05. The maximum Gasteiger partial charge on any atom is 0.237 e. The molecular weight excluding hydrogens is 212 g/mol. The highest BCUT2D eigenvalue weighted by Gasteiger charge is 2.16. The number of nitriles is 1. The number of unbranched alkanes of at least 4 members (excludes halogenated alkanes) is 1. The molecule has 0 bridgehead atoms. The largest absolute Gasteiger partial charge is 0.351 e. The van der Waals surface area contributed by atoms with Gasteiger partial charge in [0.05, 0.1) is 6.07 Å². The summed E-state index contributed by atoms with van der Waals surface area (Å²) in [7, 11) is 0. The van der Waals surface area contributed by atoms with E-state index in [9.17, 15) is 4.79 Å². The fourth-order valence-corrected chi connectivity index (χ4v) is 1.57. The van der Waals surface area contributed by atoms with E-state index in [1.165, 1.54) is 0 Å². The second kappa shape index (κ2) is 7.45. The molecule has 0 aliphatic carbocycles. The van der Waals surface area contributed by atoms with E-state index in [0.717, 1.165) is 18.4 Å². The van der Waals surface area contributed by atoms with Gasteiger partial charge in [0.15, 0.2) is 0 Å². The highest BCUT2D eigenvalue weighted by atomic mass is 16.1. The number of benzene rings is 1. The van der Waals surface area contributed by atoms with Crippen molar-refractivity contribution in [2.24, 2.45) is 5.92 Å². The molecule has 1 unspecified atom stereocenters. The van der Waals surface area contributed by atoms with Crippen LogP contribution in [-0.4, -0.2) is 5.91 Å². The van der Waals surface area contributed by atoms with Gasteiger partial charge in [-0.2, -0.15) is 5.26 Å². The van der Waals surface area contributed by atoms with Gasteiger partial charge >= 0.3 is 0 Å². The molecule has 1 N–H and O–H groups in total. The van der Waals surface area contributed by atoms with Crippen molar-refractivity contribution in [3.8, 4) is 6.07 Å². The summed E-state index contributed by atoms with van der Waals surface area (Å²) in [5, 5.41) is 11.7. The number of carbonyl (C=O) groups is 1. The molecule has 1 aromatic carbocycles. The number of hydrogen-bond acceptors (Lipinski definition) is 2. The zero-order valence-electron chi connectivity index (χ0n) is 10.1. The van der Waals surface area contributed by atoms with E-state index < -0.39 is 5.92 Å². The van der Waals surface area contributed by atoms with Gasteiger partial charge in [0.25, 0.3) is 0 Å². The highest BCUT2D eigenvalue weighted by molar-refractivity contribution is 5.80. The normalized spacial score (nSPS) is 11.5. The van der Waals surface area contributed by atoms with Gasteiger partial charge < -0.3 is 5.32 Å². The second-order valence-corrected chi connectivity index (χ2v) is 4.03. The number of nitrogens with one attached hydrogen (secondary N) is 1. The number of nitrogens with zero attached hydrogens (tertiary/aromatic N) is 1. The van der Waals surface area contributed by atoms with Gasteiger partial charge in [0, 0.05) is 6.54 Å². The van der Waals surface area contributed by atoms with E-state index in [1.54, 1.807) is 0 Å². The van der Waals surface area contributed by atoms with Gasteiger partial charge in [0.2, 0.25) is 5.91 Å². The third-order valence-electron chi connectivity index (χ3n) is 2.63. The molecule has 0 saturated heterocycles. The number of hydrogen-bond donors (Lipinski definition) is 1. The average molecular weight is 230 g/mol. The molecule has 1 amide bonds. The van der Waals surface area contributed by atoms with E-state index in [0.29, 0.717) is 13.0 Å². The maximum absolute atomic E-state index is 11.7. The van der Waals surface area contributed by atoms with Crippen LogP contribution in [0.5, 0.6) is 0 Å². The first kappa shape index (κ1) is 13.2. The summed E-state index contributed by atoms with van der Waals surface area (Å²) in [6.07, 6.45) is 2.56. The number of rotatable bonds is 6. The third kappa shape index (κ3) is 4.69. The van der Waals surface area contributed by atoms with Crippen molar-refractivity contribution in [3.05, 3.63) is 35.9 Å². The minimum atomic E-state index is -0.515. The van der Waals surface area contributed by atoms with Gasteiger partial charge in [-0.1, -0.05) is 50.1 Å². The molecule has 1 rings (SSSR count). The topological polar surface area (TPSA) is 52.9 Å². The lowest BCUT2D eigenvalue weighted by Crippen LogP contribution is -2.29. The molecule has 0 heterocycles. The smallest absolute Gasteiger partial charge is 0.237 e. The van der Waals surface area contributed by atoms with Crippen LogP contribution in [0.1, 0.15) is 31.7 Å². The van der Waals surface area contributed by atoms with E-state index in [4.69, 9.17) is 5.26 Å². The Morgan fingerprint density at radius 3 is 2.71 bits per heavy atom. The van der Waals surface area contributed by atoms with E-state index in [1.807, 2.05) is 30.3 Å². The van der Waals surface area contributed by atoms with Crippen molar-refractivity contribution in [2.75, 3.05) is 0 Å². The van der Waals surface area contributed by atoms with E-state index in [2.05, 4.69) is 18.3 Å². The van der Waals surface area contributed by atoms with Gasteiger partial charge in [0.1, 0.15) is 5.92 Å². The zero-order valence-corrected chi connectivity index (χ0v) is 10.1. The Morgan fingerprint density at radius 1 is 1.41 bits per heavy atom. The summed E-state index contributed by atoms with van der Waals surface area (Å²) >= 11 is 0. The van der Waals surface area contributed by atoms with Crippen molar-refractivity contribution in [2.45, 2.75) is 32.7 Å². The Hall–Kier alpha value is -1.82. The molecule has 17 heavy (non-hydrogen) atoms. The molecule has 3 heteroatoms. The Balaban J connectivity index is 2.40. The van der Waals surface area contributed by atoms with Crippen molar-refractivity contribution in [3.63, 3.8) is 0 Å². The molecule has 90 valence electrons. The quantitative estimate of drug-likeness (QED) is 0.816. The van der Waals surface area contributed by atoms with Gasteiger partial charge in [-0.3, -0.25) is 4.79 Å². The van der Waals surface area contributed by atoms with Crippen LogP contribution in [0.2, 0.25) is 0 Å². The number of carbonyl (C=O) groups excluding carboxylic acids is 1. The summed E-state index contributed by atoms with van der Waals surface area (Å²) in [4.78, 5) is 11.7. The molecule has 0 aliphatic heterocycles. The first-order chi connectivity index (χ1) is 8.27. The minimum absolute atomic E-state index is 0.162. The summed E-state index contributed by atoms with van der Waals surface area (Å²) < 4.78 is 0. The Kier molecular flexibility index (Phi) is 5.81. The summed E-state index contributed by atoms with van der Waals surface area (Å²) in [6.45, 7) is 2.54. The monoisotopic (exact) mass is 230 g/mol. The predicted molar refractivity (Wildman–Crippen MR) is 66.9 cm³/mol. The van der Waals surface area contributed by atoms with Crippen molar-refractivity contribution in [1.82, 2.24) is 5.32 Å². The Morgan fingerprint density at radius 2 is 2.12 bits per heavy atom. The molecule has 0 spiro atoms. The lowest BCUT2D eigenvalue weighted by Gasteiger charge is -2.09. The standard InChI is InChI=1S/C14H18N2O/c1-2-3-9-13(10-15)14(17)16-11-12-7-5-4-6-8-12/h4-8,13H,2-3,9,11H2,1H3,(H,16,17). The molecule has 0 aromatic heterocycles. The van der Waals surface area contributed by atoms with Crippen LogP contribution in [0.25, 0.3) is 0 Å². The van der Waals surface area contributed by atoms with Gasteiger partial charge in [-0.25, -0.2) is 0 Å². The van der Waals surface area contributed by atoms with Crippen LogP contribution in [0.15, 0.2) is 30.3 Å². The fourth-order valence-electron chi connectivity index (χ4n) is 1.57. The van der Waals surface area contributed by atoms with Gasteiger partial charge in [-0.15, -0.1) is 0 Å². The maximum atomic E-state index is 11.7. The predicted octanol–water partition coefficient (Wildman–Crippen LogP) is 2.63. The average Bonchev–Trinajstić information content (AvgIpc) is 2.38. The molecule has 0 saturated carbocycles. The van der Waals surface area contributed by atoms with Crippen molar-refractivity contribution in [1.29, 1.82) is 5.26 Å². The van der Waals surface area contributed by atoms with Crippen LogP contribution in [0.4, 0.5) is 0 Å². The van der Waals surface area contributed by atoms with Crippen LogP contribution in [0.3, 0.4) is 0 Å². The SMILES string of the molecule is CCCCC(C#N)C(=O)NCc1ccccc1. The lowest BCUT2D eigenvalue weighted by atomic mass is 10.0. The third-order valence-corrected chi connectivity index (χ3v) is 2.63. The Bertz CT molecular complexity index is 381. The molecule has 0 aliphatic rings. The molecule has 0 radical (unpaired) electrons. The van der Waals surface area contributed by atoms with Crippen LogP contribution in [-0.2, 0) is 11.3 Å². The second-order valence-electron chi connectivity index (χ2n) is 4.03. The Labute approximate surface area is 102 Å². The minimum Gasteiger partial charge on any atom is -0.351 e. The van der Waals surface area contributed by atoms with Crippen molar-refractivity contribution >= 4 is 5.91 Å². The molecule has 3 nitrogen and oxygen atoms in total. The first-order valence-corrected chi connectivity index (χ1v) is 5.99. The number of amides is 1. The summed E-state index contributed by atoms with van der Waals surface area (Å²) in [6, 6.07) is 11.8. The van der Waals surface area contributed by atoms with Crippen LogP contribution in [0, 0.1) is 17.2 Å². The fraction of sp³-hybridized carbons (Fsp3) is 0.429. The van der Waals surface area contributed by atoms with E-state index in [-0.39, 0.29) is 5.91 Å². The molecular formula is C14H18N2O. The molecule has 1 aromatic rings. The lowest BCUT2D eigenvalue weighted by molar-refractivity contribution is -0.123. The van der Waals surface area contributed by atoms with Gasteiger partial charge in [-0.05, 0) is 12.0 Å². The van der Waals surface area contributed by atoms with Crippen molar-refractivity contribution < 1.29 is 4.79 Å². The van der Waals surface area contributed by atoms with Crippen LogP contribution >= 0.6 is 0 Å². The summed E-state index contributed by atoms with van der Waals surface area (Å²) in [5.74, 6) is -0.677. The van der Waals surface area contributed by atoms with Crippen LogP contribution < -0.4 is 5.32 Å². The highest BCUT2D eigenvalue weighted by Crippen LogP contribution is 2.08.